The Bertz CT molecular complexity index is 629. The van der Waals surface area contributed by atoms with Crippen molar-refractivity contribution >= 4 is 0 Å². The number of nitrogens with zero attached hydrogens (tertiary/aromatic N) is 1. The molecular formula is C21H26N+. The molecule has 0 bridgehead atoms. The van der Waals surface area contributed by atoms with Crippen LogP contribution in [-0.2, 0) is 13.0 Å². The van der Waals surface area contributed by atoms with Gasteiger partial charge in [-0.15, -0.1) is 0 Å². The standard InChI is InChI=1S/C21H26N/c1-3-4-10-20-12-14-21(15-13-20)11-6-5-7-16-22-17-8-9-19(2)18-22/h8-9,12-15,17-18H,3-5,7,10,16H2,1-2H3/q+1. The van der Waals surface area contributed by atoms with E-state index in [-0.39, 0.29) is 0 Å². The van der Waals surface area contributed by atoms with Gasteiger partial charge in [0.25, 0.3) is 0 Å². The molecule has 0 saturated heterocycles. The smallest absolute Gasteiger partial charge is 0.171 e. The van der Waals surface area contributed by atoms with Crippen LogP contribution < -0.4 is 4.57 Å². The van der Waals surface area contributed by atoms with Crippen LogP contribution in [0.1, 0.15) is 49.3 Å². The van der Waals surface area contributed by atoms with Crippen molar-refractivity contribution < 1.29 is 4.57 Å². The Morgan fingerprint density at radius 3 is 2.59 bits per heavy atom. The Balaban J connectivity index is 1.76. The van der Waals surface area contributed by atoms with Crippen molar-refractivity contribution in [3.63, 3.8) is 0 Å². The normalized spacial score (nSPS) is 10.1. The third-order valence-electron chi connectivity index (χ3n) is 3.73. The third-order valence-corrected chi connectivity index (χ3v) is 3.73. The lowest BCUT2D eigenvalue weighted by atomic mass is 10.1. The van der Waals surface area contributed by atoms with E-state index in [9.17, 15) is 0 Å². The van der Waals surface area contributed by atoms with E-state index in [2.05, 4.69) is 79.0 Å². The summed E-state index contributed by atoms with van der Waals surface area (Å²) in [6.45, 7) is 5.39. The van der Waals surface area contributed by atoms with Gasteiger partial charge in [-0.1, -0.05) is 37.3 Å². The minimum Gasteiger partial charge on any atom is -0.205 e. The summed E-state index contributed by atoms with van der Waals surface area (Å²) in [6.07, 6.45) is 10.0. The summed E-state index contributed by atoms with van der Waals surface area (Å²) >= 11 is 0. The Hall–Kier alpha value is -2.07. The van der Waals surface area contributed by atoms with Crippen LogP contribution >= 0.6 is 0 Å². The summed E-state index contributed by atoms with van der Waals surface area (Å²) in [6, 6.07) is 12.9. The van der Waals surface area contributed by atoms with E-state index < -0.39 is 0 Å². The Morgan fingerprint density at radius 2 is 1.86 bits per heavy atom. The molecule has 1 aromatic carbocycles. The van der Waals surface area contributed by atoms with Crippen LogP contribution in [0.3, 0.4) is 0 Å². The number of hydrogen-bond donors (Lipinski definition) is 0. The van der Waals surface area contributed by atoms with Gasteiger partial charge in [-0.3, -0.25) is 0 Å². The van der Waals surface area contributed by atoms with E-state index in [1.165, 1.54) is 30.4 Å². The summed E-state index contributed by atoms with van der Waals surface area (Å²) in [7, 11) is 0. The molecular weight excluding hydrogens is 266 g/mol. The number of benzene rings is 1. The second kappa shape index (κ2) is 9.05. The number of rotatable bonds is 6. The molecule has 114 valence electrons. The zero-order valence-electron chi connectivity index (χ0n) is 13.8. The van der Waals surface area contributed by atoms with Gasteiger partial charge in [0.2, 0.25) is 0 Å². The molecule has 1 aromatic heterocycles. The maximum Gasteiger partial charge on any atom is 0.171 e. The average molecular weight is 292 g/mol. The van der Waals surface area contributed by atoms with Gasteiger partial charge in [0.05, 0.1) is 0 Å². The van der Waals surface area contributed by atoms with Crippen molar-refractivity contribution in [1.29, 1.82) is 0 Å². The lowest BCUT2D eigenvalue weighted by molar-refractivity contribution is -0.697. The maximum atomic E-state index is 3.29. The summed E-state index contributed by atoms with van der Waals surface area (Å²) in [5.74, 6) is 6.55. The molecule has 0 aliphatic heterocycles. The molecule has 1 nitrogen and oxygen atoms in total. The first-order chi connectivity index (χ1) is 10.8. The SMILES string of the molecule is CCCCc1ccc(C#CCCC[n+]2cccc(C)c2)cc1. The molecule has 0 radical (unpaired) electrons. The Labute approximate surface area is 135 Å². The second-order valence-corrected chi connectivity index (χ2v) is 5.82. The van der Waals surface area contributed by atoms with Gasteiger partial charge in [-0.25, -0.2) is 4.57 Å². The Kier molecular flexibility index (Phi) is 6.71. The Morgan fingerprint density at radius 1 is 1.05 bits per heavy atom. The number of hydrogen-bond acceptors (Lipinski definition) is 0. The summed E-state index contributed by atoms with van der Waals surface area (Å²) in [4.78, 5) is 0. The first-order valence-corrected chi connectivity index (χ1v) is 8.31. The maximum absolute atomic E-state index is 3.29. The van der Waals surface area contributed by atoms with Crippen LogP contribution in [-0.4, -0.2) is 0 Å². The summed E-state index contributed by atoms with van der Waals surface area (Å²) < 4.78 is 2.24. The molecule has 0 saturated carbocycles. The average Bonchev–Trinajstić information content (AvgIpc) is 2.54. The third kappa shape index (κ3) is 5.74. The van der Waals surface area contributed by atoms with Crippen LogP contribution in [0.5, 0.6) is 0 Å². The summed E-state index contributed by atoms with van der Waals surface area (Å²) in [5.41, 5.74) is 3.85. The molecule has 0 fully saturated rings. The fourth-order valence-corrected chi connectivity index (χ4v) is 2.44. The number of pyridine rings is 1. The largest absolute Gasteiger partial charge is 0.205 e. The summed E-state index contributed by atoms with van der Waals surface area (Å²) in [5, 5.41) is 0. The predicted octanol–water partition coefficient (Wildman–Crippen LogP) is 4.46. The van der Waals surface area contributed by atoms with E-state index in [0.29, 0.717) is 0 Å². The second-order valence-electron chi connectivity index (χ2n) is 5.82. The van der Waals surface area contributed by atoms with E-state index in [0.717, 1.165) is 24.9 Å². The van der Waals surface area contributed by atoms with Gasteiger partial charge in [0.15, 0.2) is 12.4 Å². The van der Waals surface area contributed by atoms with Crippen LogP contribution in [0, 0.1) is 18.8 Å². The minimum absolute atomic E-state index is 0.943. The van der Waals surface area contributed by atoms with Crippen molar-refractivity contribution in [2.75, 3.05) is 0 Å². The minimum atomic E-state index is 0.943. The molecule has 0 spiro atoms. The van der Waals surface area contributed by atoms with Crippen molar-refractivity contribution in [1.82, 2.24) is 0 Å². The molecule has 0 atom stereocenters. The van der Waals surface area contributed by atoms with Crippen molar-refractivity contribution in [3.05, 3.63) is 65.5 Å². The quantitative estimate of drug-likeness (QED) is 0.420. The zero-order valence-corrected chi connectivity index (χ0v) is 13.8. The van der Waals surface area contributed by atoms with Crippen molar-refractivity contribution in [2.45, 2.75) is 52.5 Å². The van der Waals surface area contributed by atoms with E-state index in [1.54, 1.807) is 0 Å². The monoisotopic (exact) mass is 292 g/mol. The molecule has 22 heavy (non-hydrogen) atoms. The first-order valence-electron chi connectivity index (χ1n) is 8.31. The first kappa shape index (κ1) is 16.3. The molecule has 2 aromatic rings. The van der Waals surface area contributed by atoms with Crippen LogP contribution in [0.15, 0.2) is 48.8 Å². The van der Waals surface area contributed by atoms with Gasteiger partial charge in [-0.2, -0.15) is 0 Å². The lowest BCUT2D eigenvalue weighted by Crippen LogP contribution is -2.32. The van der Waals surface area contributed by atoms with E-state index >= 15 is 0 Å². The van der Waals surface area contributed by atoms with Gasteiger partial charge < -0.3 is 0 Å². The fraction of sp³-hybridized carbons (Fsp3) is 0.381. The molecule has 2 rings (SSSR count). The van der Waals surface area contributed by atoms with Gasteiger partial charge in [-0.05, 0) is 43.5 Å². The molecule has 0 unspecified atom stereocenters. The van der Waals surface area contributed by atoms with Gasteiger partial charge in [0, 0.05) is 30.0 Å². The van der Waals surface area contributed by atoms with Crippen molar-refractivity contribution in [3.8, 4) is 11.8 Å². The van der Waals surface area contributed by atoms with Crippen molar-refractivity contribution in [2.24, 2.45) is 0 Å². The molecule has 1 heterocycles. The molecule has 0 amide bonds. The highest BCUT2D eigenvalue weighted by atomic mass is 14.9. The van der Waals surface area contributed by atoms with Gasteiger partial charge in [0.1, 0.15) is 6.54 Å². The van der Waals surface area contributed by atoms with E-state index in [4.69, 9.17) is 0 Å². The fourth-order valence-electron chi connectivity index (χ4n) is 2.44. The van der Waals surface area contributed by atoms with Gasteiger partial charge >= 0.3 is 0 Å². The van der Waals surface area contributed by atoms with E-state index in [1.807, 2.05) is 0 Å². The molecule has 0 aliphatic carbocycles. The lowest BCUT2D eigenvalue weighted by Gasteiger charge is -1.99. The topological polar surface area (TPSA) is 3.88 Å². The predicted molar refractivity (Wildman–Crippen MR) is 92.5 cm³/mol. The highest BCUT2D eigenvalue weighted by Crippen LogP contribution is 2.07. The number of unbranched alkanes of at least 4 members (excludes halogenated alkanes) is 2. The highest BCUT2D eigenvalue weighted by Gasteiger charge is 1.98. The molecule has 1 heteroatoms. The number of aromatic nitrogens is 1. The molecule has 0 N–H and O–H groups in total. The highest BCUT2D eigenvalue weighted by molar-refractivity contribution is 5.36. The van der Waals surface area contributed by atoms with Crippen LogP contribution in [0.2, 0.25) is 0 Å². The van der Waals surface area contributed by atoms with Crippen LogP contribution in [0.4, 0.5) is 0 Å². The van der Waals surface area contributed by atoms with Crippen LogP contribution in [0.25, 0.3) is 0 Å². The molecule has 0 aliphatic rings. The zero-order chi connectivity index (χ0) is 15.6. The number of aryl methyl sites for hydroxylation is 3.